The van der Waals surface area contributed by atoms with E-state index in [1.54, 1.807) is 0 Å². The molecule has 2 aromatic rings. The molecule has 0 aliphatic rings. The van der Waals surface area contributed by atoms with Crippen LogP contribution in [0.1, 0.15) is 32.7 Å². The maximum atomic E-state index is 12.6. The number of carbonyl (C=O) groups excluding carboxylic acids is 3. The van der Waals surface area contributed by atoms with Gasteiger partial charge in [0.1, 0.15) is 5.75 Å². The lowest BCUT2D eigenvalue weighted by Gasteiger charge is -2.15. The van der Waals surface area contributed by atoms with Crippen molar-refractivity contribution in [2.75, 3.05) is 40.7 Å². The molecule has 0 atom stereocenters. The summed E-state index contributed by atoms with van der Waals surface area (Å²) in [7, 11) is 3.05. The number of benzene rings is 2. The van der Waals surface area contributed by atoms with E-state index in [1.807, 2.05) is 0 Å². The van der Waals surface area contributed by atoms with Crippen LogP contribution in [-0.4, -0.2) is 66.0 Å². The van der Waals surface area contributed by atoms with Crippen molar-refractivity contribution in [1.82, 2.24) is 4.31 Å². The average Bonchev–Trinajstić information content (AvgIpc) is 2.80. The Hall–Kier alpha value is -3.44. The van der Waals surface area contributed by atoms with Crippen molar-refractivity contribution in [2.45, 2.75) is 17.7 Å². The van der Waals surface area contributed by atoms with Crippen molar-refractivity contribution in [3.63, 3.8) is 0 Å². The Morgan fingerprint density at radius 3 is 1.97 bits per heavy atom. The van der Waals surface area contributed by atoms with Crippen LogP contribution in [0.2, 0.25) is 0 Å². The lowest BCUT2D eigenvalue weighted by atomic mass is 10.1. The van der Waals surface area contributed by atoms with E-state index >= 15 is 0 Å². The molecule has 178 valence electrons. The van der Waals surface area contributed by atoms with Crippen LogP contribution in [0.15, 0.2) is 41.3 Å². The van der Waals surface area contributed by atoms with Crippen molar-refractivity contribution in [2.24, 2.45) is 0 Å². The summed E-state index contributed by atoms with van der Waals surface area (Å²) < 4.78 is 40.6. The van der Waals surface area contributed by atoms with E-state index in [2.05, 4.69) is 14.8 Å². The molecule has 0 aliphatic carbocycles. The molecule has 0 unspecified atom stereocenters. The zero-order chi connectivity index (χ0) is 24.8. The summed E-state index contributed by atoms with van der Waals surface area (Å²) in [6.07, 6.45) is 0.171. The summed E-state index contributed by atoms with van der Waals surface area (Å²) in [6, 6.07) is 8.49. The molecule has 0 aliphatic heterocycles. The summed E-state index contributed by atoms with van der Waals surface area (Å²) in [4.78, 5) is 36.5. The minimum absolute atomic E-state index is 0.0160. The van der Waals surface area contributed by atoms with Gasteiger partial charge in [0.15, 0.2) is 0 Å². The number of hydrogen-bond acceptors (Lipinski definition) is 8. The highest BCUT2D eigenvalue weighted by Crippen LogP contribution is 2.25. The van der Waals surface area contributed by atoms with Crippen LogP contribution in [0.4, 0.5) is 5.69 Å². The fraction of sp³-hybridized carbons (Fsp3) is 0.318. The first kappa shape index (κ1) is 25.8. The molecule has 0 radical (unpaired) electrons. The Balaban J connectivity index is 2.24. The summed E-state index contributed by atoms with van der Waals surface area (Å²) in [5.74, 6) is -1.34. The molecule has 10 nitrogen and oxygen atoms in total. The largest absolute Gasteiger partial charge is 0.496 e. The van der Waals surface area contributed by atoms with Gasteiger partial charge in [-0.3, -0.25) is 4.79 Å². The van der Waals surface area contributed by atoms with Crippen molar-refractivity contribution in [1.29, 1.82) is 0 Å². The number of rotatable bonds is 9. The van der Waals surface area contributed by atoms with Crippen LogP contribution in [0.5, 0.6) is 5.75 Å². The second-order valence-electron chi connectivity index (χ2n) is 7.09. The zero-order valence-corrected chi connectivity index (χ0v) is 19.8. The lowest BCUT2D eigenvalue weighted by Crippen LogP contribution is -2.22. The standard InChI is InChI=1S/C22H26N2O8S/c1-24(2)33(28,29)18-7-8-19(30-3)14(13-18)6-9-20(25)23-17-11-15(21(26)31-4)10-16(12-17)22(27)32-5/h7-8,10-13H,6,9H2,1-5H3,(H,23,25). The van der Waals surface area contributed by atoms with Gasteiger partial charge in [-0.2, -0.15) is 0 Å². The van der Waals surface area contributed by atoms with E-state index in [4.69, 9.17) is 4.74 Å². The van der Waals surface area contributed by atoms with Gasteiger partial charge in [-0.15, -0.1) is 0 Å². The molecular weight excluding hydrogens is 452 g/mol. The number of methoxy groups -OCH3 is 3. The molecule has 11 heteroatoms. The van der Waals surface area contributed by atoms with Gasteiger partial charge >= 0.3 is 11.9 Å². The van der Waals surface area contributed by atoms with E-state index in [1.165, 1.54) is 71.8 Å². The van der Waals surface area contributed by atoms with Gasteiger partial charge in [-0.05, 0) is 48.4 Å². The number of carbonyl (C=O) groups is 3. The number of sulfonamides is 1. The second kappa shape index (κ2) is 10.9. The monoisotopic (exact) mass is 478 g/mol. The fourth-order valence-corrected chi connectivity index (χ4v) is 3.92. The SMILES string of the molecule is COC(=O)c1cc(NC(=O)CCc2cc(S(=O)(=O)N(C)C)ccc2OC)cc(C(=O)OC)c1. The van der Waals surface area contributed by atoms with Crippen molar-refractivity contribution < 1.29 is 37.0 Å². The molecule has 1 amide bonds. The van der Waals surface area contributed by atoms with Gasteiger partial charge < -0.3 is 19.5 Å². The van der Waals surface area contributed by atoms with Gasteiger partial charge in [-0.25, -0.2) is 22.3 Å². The molecule has 2 rings (SSSR count). The first-order valence-corrected chi connectivity index (χ1v) is 11.2. The van der Waals surface area contributed by atoms with Crippen LogP contribution in [0.25, 0.3) is 0 Å². The van der Waals surface area contributed by atoms with E-state index in [-0.39, 0.29) is 34.6 Å². The average molecular weight is 479 g/mol. The zero-order valence-electron chi connectivity index (χ0n) is 19.0. The molecule has 0 fully saturated rings. The quantitative estimate of drug-likeness (QED) is 0.543. The molecule has 0 bridgehead atoms. The normalized spacial score (nSPS) is 11.1. The molecule has 33 heavy (non-hydrogen) atoms. The van der Waals surface area contributed by atoms with Gasteiger partial charge in [0, 0.05) is 26.2 Å². The number of hydrogen-bond donors (Lipinski definition) is 1. The first-order chi connectivity index (χ1) is 15.5. The third-order valence-electron chi connectivity index (χ3n) is 4.71. The Morgan fingerprint density at radius 1 is 0.909 bits per heavy atom. The van der Waals surface area contributed by atoms with E-state index < -0.39 is 27.9 Å². The number of nitrogens with zero attached hydrogens (tertiary/aromatic N) is 1. The summed E-state index contributed by atoms with van der Waals surface area (Å²) in [5.41, 5.74) is 0.881. The van der Waals surface area contributed by atoms with Crippen LogP contribution >= 0.6 is 0 Å². The molecule has 0 saturated heterocycles. The highest BCUT2D eigenvalue weighted by molar-refractivity contribution is 7.89. The number of ether oxygens (including phenoxy) is 3. The van der Waals surface area contributed by atoms with Gasteiger partial charge in [0.25, 0.3) is 0 Å². The van der Waals surface area contributed by atoms with Gasteiger partial charge in [0.2, 0.25) is 15.9 Å². The Labute approximate surface area is 192 Å². The molecule has 0 heterocycles. The summed E-state index contributed by atoms with van der Waals surface area (Å²) in [5, 5.41) is 2.63. The van der Waals surface area contributed by atoms with Crippen LogP contribution in [-0.2, 0) is 30.7 Å². The predicted molar refractivity (Wildman–Crippen MR) is 120 cm³/mol. The molecule has 1 N–H and O–H groups in total. The minimum atomic E-state index is -3.65. The maximum absolute atomic E-state index is 12.6. The molecule has 2 aromatic carbocycles. The lowest BCUT2D eigenvalue weighted by molar-refractivity contribution is -0.116. The predicted octanol–water partition coefficient (Wildman–Crippen LogP) is 2.09. The van der Waals surface area contributed by atoms with Crippen LogP contribution < -0.4 is 10.1 Å². The van der Waals surface area contributed by atoms with Crippen LogP contribution in [0.3, 0.4) is 0 Å². The molecule has 0 saturated carbocycles. The molecular formula is C22H26N2O8S. The number of aryl methyl sites for hydroxylation is 1. The van der Waals surface area contributed by atoms with E-state index in [0.29, 0.717) is 11.3 Å². The molecule has 0 aromatic heterocycles. The van der Waals surface area contributed by atoms with Crippen molar-refractivity contribution >= 4 is 33.6 Å². The maximum Gasteiger partial charge on any atom is 0.337 e. The Bertz CT molecular complexity index is 1120. The second-order valence-corrected chi connectivity index (χ2v) is 9.24. The topological polar surface area (TPSA) is 128 Å². The fourth-order valence-electron chi connectivity index (χ4n) is 2.96. The summed E-state index contributed by atoms with van der Waals surface area (Å²) in [6.45, 7) is 0. The smallest absolute Gasteiger partial charge is 0.337 e. The Morgan fingerprint density at radius 2 is 1.48 bits per heavy atom. The van der Waals surface area contributed by atoms with Crippen LogP contribution in [0, 0.1) is 0 Å². The number of esters is 2. The molecule has 0 spiro atoms. The highest BCUT2D eigenvalue weighted by Gasteiger charge is 2.20. The number of amides is 1. The minimum Gasteiger partial charge on any atom is -0.496 e. The highest BCUT2D eigenvalue weighted by atomic mass is 32.2. The first-order valence-electron chi connectivity index (χ1n) is 9.74. The number of nitrogens with one attached hydrogen (secondary N) is 1. The summed E-state index contributed by atoms with van der Waals surface area (Å²) >= 11 is 0. The third-order valence-corrected chi connectivity index (χ3v) is 6.52. The Kier molecular flexibility index (Phi) is 8.55. The van der Waals surface area contributed by atoms with E-state index in [0.717, 1.165) is 4.31 Å². The van der Waals surface area contributed by atoms with E-state index in [9.17, 15) is 22.8 Å². The number of anilines is 1. The van der Waals surface area contributed by atoms with Crippen molar-refractivity contribution in [3.05, 3.63) is 53.1 Å². The van der Waals surface area contributed by atoms with Crippen molar-refractivity contribution in [3.8, 4) is 5.75 Å². The van der Waals surface area contributed by atoms with Gasteiger partial charge in [0.05, 0.1) is 37.4 Å². The van der Waals surface area contributed by atoms with Gasteiger partial charge in [-0.1, -0.05) is 0 Å². The third kappa shape index (κ3) is 6.30.